The summed E-state index contributed by atoms with van der Waals surface area (Å²) in [5.74, 6) is 0. The topological polar surface area (TPSA) is 54.3 Å². The third kappa shape index (κ3) is 3.65. The van der Waals surface area contributed by atoms with E-state index in [9.17, 15) is 8.42 Å². The molecule has 142 valence electrons. The largest absolute Gasteiger partial charge is 0.349 e. The summed E-state index contributed by atoms with van der Waals surface area (Å²) in [5, 5.41) is 0.933. The van der Waals surface area contributed by atoms with E-state index in [4.69, 9.17) is 0 Å². The number of nitrogens with one attached hydrogen (secondary N) is 1. The summed E-state index contributed by atoms with van der Waals surface area (Å²) in [6, 6.07) is 17.7. The SMILES string of the molecule is Cn1ccc2cccc(S(=O)(=O)NC3(C)CCN(Cc4ccccc4)C3)c21. The molecule has 1 aromatic heterocycles. The number of hydrogen-bond donors (Lipinski definition) is 1. The Hall–Kier alpha value is -2.15. The molecule has 0 bridgehead atoms. The molecular weight excluding hydrogens is 358 g/mol. The molecule has 3 aromatic rings. The quantitative estimate of drug-likeness (QED) is 0.737. The fraction of sp³-hybridized carbons (Fsp3) is 0.333. The van der Waals surface area contributed by atoms with Crippen LogP contribution in [0.2, 0.25) is 0 Å². The molecule has 2 aromatic carbocycles. The summed E-state index contributed by atoms with van der Waals surface area (Å²) in [7, 11) is -1.74. The van der Waals surface area contributed by atoms with Gasteiger partial charge in [-0.3, -0.25) is 4.90 Å². The second kappa shape index (κ2) is 6.78. The second-order valence-electron chi connectivity index (χ2n) is 7.73. The van der Waals surface area contributed by atoms with Gasteiger partial charge in [0, 0.05) is 43.8 Å². The van der Waals surface area contributed by atoms with E-state index in [0.29, 0.717) is 11.4 Å². The van der Waals surface area contributed by atoms with Crippen LogP contribution >= 0.6 is 0 Å². The Balaban J connectivity index is 1.55. The van der Waals surface area contributed by atoms with E-state index in [1.165, 1.54) is 5.56 Å². The third-order valence-corrected chi connectivity index (χ3v) is 7.00. The van der Waals surface area contributed by atoms with E-state index >= 15 is 0 Å². The van der Waals surface area contributed by atoms with Crippen LogP contribution in [0.1, 0.15) is 18.9 Å². The highest BCUT2D eigenvalue weighted by Crippen LogP contribution is 2.28. The number of aryl methyl sites for hydroxylation is 1. The van der Waals surface area contributed by atoms with Gasteiger partial charge in [-0.15, -0.1) is 0 Å². The lowest BCUT2D eigenvalue weighted by Crippen LogP contribution is -2.47. The molecule has 1 aliphatic heterocycles. The Bertz CT molecular complexity index is 1060. The van der Waals surface area contributed by atoms with Crippen molar-refractivity contribution in [3.05, 3.63) is 66.4 Å². The summed E-state index contributed by atoms with van der Waals surface area (Å²) in [6.45, 7) is 4.42. The van der Waals surface area contributed by atoms with E-state index in [1.807, 2.05) is 55.1 Å². The minimum Gasteiger partial charge on any atom is -0.349 e. The first kappa shape index (κ1) is 18.2. The first-order chi connectivity index (χ1) is 12.9. The summed E-state index contributed by atoms with van der Waals surface area (Å²) >= 11 is 0. The van der Waals surface area contributed by atoms with E-state index in [2.05, 4.69) is 21.8 Å². The molecule has 27 heavy (non-hydrogen) atoms. The summed E-state index contributed by atoms with van der Waals surface area (Å²) in [6.07, 6.45) is 2.69. The molecule has 2 heterocycles. The zero-order valence-corrected chi connectivity index (χ0v) is 16.5. The molecule has 1 unspecified atom stereocenters. The van der Waals surface area contributed by atoms with E-state index < -0.39 is 15.6 Å². The minimum atomic E-state index is -3.61. The summed E-state index contributed by atoms with van der Waals surface area (Å²) < 4.78 is 31.2. The van der Waals surface area contributed by atoms with Crippen LogP contribution in [-0.2, 0) is 23.6 Å². The van der Waals surface area contributed by atoms with Gasteiger partial charge < -0.3 is 4.57 Å². The highest BCUT2D eigenvalue weighted by molar-refractivity contribution is 7.89. The predicted octanol–water partition coefficient (Wildman–Crippen LogP) is 3.12. The molecule has 1 aliphatic rings. The number of rotatable bonds is 5. The highest BCUT2D eigenvalue weighted by atomic mass is 32.2. The highest BCUT2D eigenvalue weighted by Gasteiger charge is 2.38. The number of likely N-dealkylation sites (tertiary alicyclic amines) is 1. The monoisotopic (exact) mass is 383 g/mol. The Morgan fingerprint density at radius 1 is 1.07 bits per heavy atom. The Kier molecular flexibility index (Phi) is 4.58. The summed E-state index contributed by atoms with van der Waals surface area (Å²) in [4.78, 5) is 2.65. The van der Waals surface area contributed by atoms with Crippen molar-refractivity contribution in [3.63, 3.8) is 0 Å². The standard InChI is InChI=1S/C21H25N3O2S/c1-21(12-14-24(16-21)15-17-7-4-3-5-8-17)22-27(25,26)19-10-6-9-18-11-13-23(2)20(18)19/h3-11,13,22H,12,14-16H2,1-2H3. The number of aromatic nitrogens is 1. The number of hydrogen-bond acceptors (Lipinski definition) is 3. The van der Waals surface area contributed by atoms with Crippen molar-refractivity contribution in [1.29, 1.82) is 0 Å². The van der Waals surface area contributed by atoms with Gasteiger partial charge in [0.05, 0.1) is 5.52 Å². The van der Waals surface area contributed by atoms with Gasteiger partial charge >= 0.3 is 0 Å². The van der Waals surface area contributed by atoms with Gasteiger partial charge in [-0.2, -0.15) is 0 Å². The Morgan fingerprint density at radius 2 is 1.85 bits per heavy atom. The number of para-hydroxylation sites is 1. The van der Waals surface area contributed by atoms with Gasteiger partial charge in [-0.1, -0.05) is 42.5 Å². The lowest BCUT2D eigenvalue weighted by atomic mass is 10.0. The van der Waals surface area contributed by atoms with Crippen LogP contribution in [0.5, 0.6) is 0 Å². The van der Waals surface area contributed by atoms with Gasteiger partial charge in [0.2, 0.25) is 10.0 Å². The van der Waals surface area contributed by atoms with Gasteiger partial charge in [0.1, 0.15) is 4.90 Å². The zero-order valence-electron chi connectivity index (χ0n) is 15.7. The van der Waals surface area contributed by atoms with Gasteiger partial charge in [-0.25, -0.2) is 13.1 Å². The number of sulfonamides is 1. The lowest BCUT2D eigenvalue weighted by molar-refractivity contribution is 0.302. The average molecular weight is 384 g/mol. The van der Waals surface area contributed by atoms with Gasteiger partial charge in [0.25, 0.3) is 0 Å². The molecule has 6 heteroatoms. The van der Waals surface area contributed by atoms with Gasteiger partial charge in [-0.05, 0) is 31.0 Å². The molecule has 0 spiro atoms. The molecule has 1 saturated heterocycles. The molecule has 0 saturated carbocycles. The molecule has 0 aliphatic carbocycles. The van der Waals surface area contributed by atoms with Crippen LogP contribution in [-0.4, -0.2) is 36.5 Å². The molecule has 1 fully saturated rings. The molecular formula is C21H25N3O2S. The smallest absolute Gasteiger partial charge is 0.243 e. The number of fused-ring (bicyclic) bond motifs is 1. The maximum Gasteiger partial charge on any atom is 0.243 e. The fourth-order valence-corrected chi connectivity index (χ4v) is 5.73. The minimum absolute atomic E-state index is 0.343. The van der Waals surface area contributed by atoms with Crippen LogP contribution in [0.3, 0.4) is 0 Å². The van der Waals surface area contributed by atoms with E-state index in [1.54, 1.807) is 12.1 Å². The van der Waals surface area contributed by atoms with Crippen molar-refractivity contribution in [2.45, 2.75) is 30.3 Å². The number of benzene rings is 2. The predicted molar refractivity (Wildman–Crippen MR) is 108 cm³/mol. The van der Waals surface area contributed by atoms with Crippen molar-refractivity contribution < 1.29 is 8.42 Å². The zero-order chi connectivity index (χ0) is 19.1. The Labute approximate surface area is 160 Å². The molecule has 1 atom stereocenters. The molecule has 0 radical (unpaired) electrons. The van der Waals surface area contributed by atoms with Crippen LogP contribution in [0.15, 0.2) is 65.7 Å². The van der Waals surface area contributed by atoms with E-state index in [0.717, 1.165) is 30.4 Å². The lowest BCUT2D eigenvalue weighted by Gasteiger charge is -2.26. The van der Waals surface area contributed by atoms with Crippen LogP contribution in [0.25, 0.3) is 10.9 Å². The first-order valence-corrected chi connectivity index (χ1v) is 10.7. The molecule has 4 rings (SSSR count). The van der Waals surface area contributed by atoms with Crippen molar-refractivity contribution in [3.8, 4) is 0 Å². The van der Waals surface area contributed by atoms with Crippen molar-refractivity contribution in [2.24, 2.45) is 7.05 Å². The normalized spacial score (nSPS) is 21.1. The molecule has 5 nitrogen and oxygen atoms in total. The van der Waals surface area contributed by atoms with Crippen LogP contribution in [0.4, 0.5) is 0 Å². The average Bonchev–Trinajstić information content (AvgIpc) is 3.18. The fourth-order valence-electron chi connectivity index (χ4n) is 4.03. The molecule has 0 amide bonds. The third-order valence-electron chi connectivity index (χ3n) is 5.33. The van der Waals surface area contributed by atoms with Crippen LogP contribution < -0.4 is 4.72 Å². The van der Waals surface area contributed by atoms with Crippen LogP contribution in [0, 0.1) is 0 Å². The summed E-state index contributed by atoms with van der Waals surface area (Å²) in [5.41, 5.74) is 1.52. The van der Waals surface area contributed by atoms with Crippen molar-refractivity contribution >= 4 is 20.9 Å². The Morgan fingerprint density at radius 3 is 2.63 bits per heavy atom. The molecule has 1 N–H and O–H groups in total. The van der Waals surface area contributed by atoms with Crippen molar-refractivity contribution in [1.82, 2.24) is 14.2 Å². The maximum atomic E-state index is 13.2. The van der Waals surface area contributed by atoms with Gasteiger partial charge in [0.15, 0.2) is 0 Å². The second-order valence-corrected chi connectivity index (χ2v) is 9.38. The van der Waals surface area contributed by atoms with Crippen molar-refractivity contribution in [2.75, 3.05) is 13.1 Å². The van der Waals surface area contributed by atoms with E-state index in [-0.39, 0.29) is 0 Å². The first-order valence-electron chi connectivity index (χ1n) is 9.21. The maximum absolute atomic E-state index is 13.2. The number of nitrogens with zero attached hydrogens (tertiary/aromatic N) is 2.